The van der Waals surface area contributed by atoms with Crippen LogP contribution in [0.25, 0.3) is 0 Å². The third-order valence-corrected chi connectivity index (χ3v) is 5.16. The van der Waals surface area contributed by atoms with Gasteiger partial charge in [0.05, 0.1) is 0 Å². The molecule has 18 heavy (non-hydrogen) atoms. The Balaban J connectivity index is 1.76. The van der Waals surface area contributed by atoms with Gasteiger partial charge in [-0.25, -0.2) is 0 Å². The van der Waals surface area contributed by atoms with E-state index in [1.807, 2.05) is 19.1 Å². The second-order valence-electron chi connectivity index (χ2n) is 3.67. The monoisotopic (exact) mass is 344 g/mol. The molecule has 94 valence electrons. The Labute approximate surface area is 121 Å². The molecule has 2 aromatic rings. The summed E-state index contributed by atoms with van der Waals surface area (Å²) >= 11 is 6.83. The number of hydrogen-bond acceptors (Lipinski definition) is 6. The van der Waals surface area contributed by atoms with Crippen LogP contribution in [0.2, 0.25) is 0 Å². The van der Waals surface area contributed by atoms with E-state index in [0.29, 0.717) is 6.79 Å². The zero-order valence-electron chi connectivity index (χ0n) is 9.47. The van der Waals surface area contributed by atoms with Crippen molar-refractivity contribution in [3.8, 4) is 11.5 Å². The summed E-state index contributed by atoms with van der Waals surface area (Å²) in [4.78, 5) is 0. The summed E-state index contributed by atoms with van der Waals surface area (Å²) in [7, 11) is 0. The van der Waals surface area contributed by atoms with Gasteiger partial charge in [-0.3, -0.25) is 0 Å². The number of aryl methyl sites for hydroxylation is 1. The summed E-state index contributed by atoms with van der Waals surface area (Å²) < 4.78 is 12.7. The van der Waals surface area contributed by atoms with Crippen molar-refractivity contribution in [2.24, 2.45) is 0 Å². The second-order valence-corrected chi connectivity index (χ2v) is 6.93. The number of hydrogen-bond donors (Lipinski definition) is 0. The predicted octanol–water partition coefficient (Wildman–Crippen LogP) is 3.63. The van der Waals surface area contributed by atoms with Crippen LogP contribution in [0, 0.1) is 6.92 Å². The molecule has 1 aliphatic rings. The lowest BCUT2D eigenvalue weighted by Gasteiger charge is -2.04. The normalized spacial score (nSPS) is 13.0. The third kappa shape index (κ3) is 2.48. The number of rotatable bonds is 3. The summed E-state index contributed by atoms with van der Waals surface area (Å²) in [5.74, 6) is 2.43. The first-order chi connectivity index (χ1) is 8.72. The van der Waals surface area contributed by atoms with E-state index >= 15 is 0 Å². The van der Waals surface area contributed by atoms with Gasteiger partial charge < -0.3 is 9.47 Å². The molecule has 0 N–H and O–H groups in total. The molecular weight excluding hydrogens is 336 g/mol. The van der Waals surface area contributed by atoms with Crippen molar-refractivity contribution in [2.75, 3.05) is 6.79 Å². The number of aromatic nitrogens is 2. The molecule has 0 saturated carbocycles. The highest BCUT2D eigenvalue weighted by Crippen LogP contribution is 2.39. The fraction of sp³-hybridized carbons (Fsp3) is 0.273. The molecule has 0 spiro atoms. The van der Waals surface area contributed by atoms with Crippen molar-refractivity contribution < 1.29 is 9.47 Å². The van der Waals surface area contributed by atoms with E-state index in [1.54, 1.807) is 23.1 Å². The van der Waals surface area contributed by atoms with Gasteiger partial charge in [0.1, 0.15) is 5.01 Å². The van der Waals surface area contributed by atoms with Crippen LogP contribution >= 0.6 is 39.0 Å². The number of nitrogens with zero attached hydrogens (tertiary/aromatic N) is 2. The molecule has 0 fully saturated rings. The minimum absolute atomic E-state index is 0.300. The molecule has 4 nitrogen and oxygen atoms in total. The molecule has 7 heteroatoms. The zero-order valence-corrected chi connectivity index (χ0v) is 12.7. The average Bonchev–Trinajstić information content (AvgIpc) is 2.94. The maximum Gasteiger partial charge on any atom is 0.231 e. The molecule has 3 rings (SSSR count). The van der Waals surface area contributed by atoms with E-state index in [-0.39, 0.29) is 0 Å². The number of benzene rings is 1. The fourth-order valence-corrected chi connectivity index (χ4v) is 4.00. The molecule has 2 heterocycles. The summed E-state index contributed by atoms with van der Waals surface area (Å²) in [6.45, 7) is 2.26. The molecule has 0 atom stereocenters. The minimum atomic E-state index is 0.300. The molecule has 0 amide bonds. The summed E-state index contributed by atoms with van der Waals surface area (Å²) in [6.07, 6.45) is 0. The van der Waals surface area contributed by atoms with Gasteiger partial charge in [-0.1, -0.05) is 39.0 Å². The highest BCUT2D eigenvalue weighted by atomic mass is 79.9. The van der Waals surface area contributed by atoms with Crippen LogP contribution in [0.3, 0.4) is 0 Å². The Morgan fingerprint density at radius 1 is 1.33 bits per heavy atom. The number of thioether (sulfide) groups is 1. The summed E-state index contributed by atoms with van der Waals surface area (Å²) in [6, 6.07) is 3.96. The lowest BCUT2D eigenvalue weighted by molar-refractivity contribution is 0.174. The van der Waals surface area contributed by atoms with Crippen LogP contribution in [0.4, 0.5) is 0 Å². The highest BCUT2D eigenvalue weighted by Gasteiger charge is 2.16. The molecule has 0 aliphatic carbocycles. The topological polar surface area (TPSA) is 44.2 Å². The number of ether oxygens (including phenoxy) is 2. The lowest BCUT2D eigenvalue weighted by atomic mass is 10.2. The maximum absolute atomic E-state index is 5.37. The Hall–Kier alpha value is -0.790. The van der Waals surface area contributed by atoms with Crippen LogP contribution in [-0.4, -0.2) is 17.0 Å². The maximum atomic E-state index is 5.37. The molecule has 0 saturated heterocycles. The Morgan fingerprint density at radius 2 is 2.11 bits per heavy atom. The molecular formula is C11H9BrN2O2S2. The SMILES string of the molecule is Cc1nnc(SCc2cc3c(cc2Br)OCO3)s1. The van der Waals surface area contributed by atoms with Crippen molar-refractivity contribution in [1.29, 1.82) is 0 Å². The van der Waals surface area contributed by atoms with E-state index in [4.69, 9.17) is 9.47 Å². The van der Waals surface area contributed by atoms with Gasteiger partial charge in [-0.15, -0.1) is 10.2 Å². The standard InChI is InChI=1S/C11H9BrN2O2S2/c1-6-13-14-11(18-6)17-4-7-2-9-10(3-8(7)12)16-5-15-9/h2-3H,4-5H2,1H3. The van der Waals surface area contributed by atoms with Crippen LogP contribution < -0.4 is 9.47 Å². The van der Waals surface area contributed by atoms with Crippen LogP contribution in [0.15, 0.2) is 20.9 Å². The van der Waals surface area contributed by atoms with Crippen molar-refractivity contribution in [2.45, 2.75) is 17.0 Å². The van der Waals surface area contributed by atoms with Gasteiger partial charge >= 0.3 is 0 Å². The summed E-state index contributed by atoms with van der Waals surface area (Å²) in [5.41, 5.74) is 1.16. The molecule has 0 bridgehead atoms. The minimum Gasteiger partial charge on any atom is -0.454 e. The van der Waals surface area contributed by atoms with Crippen molar-refractivity contribution >= 4 is 39.0 Å². The lowest BCUT2D eigenvalue weighted by Crippen LogP contribution is -1.92. The Kier molecular flexibility index (Phi) is 3.45. The highest BCUT2D eigenvalue weighted by molar-refractivity contribution is 9.10. The Morgan fingerprint density at radius 3 is 2.83 bits per heavy atom. The van der Waals surface area contributed by atoms with Crippen LogP contribution in [0.1, 0.15) is 10.6 Å². The molecule has 1 aromatic heterocycles. The van der Waals surface area contributed by atoms with Gasteiger partial charge in [0.15, 0.2) is 15.8 Å². The molecule has 1 aromatic carbocycles. The van der Waals surface area contributed by atoms with Gasteiger partial charge in [0.2, 0.25) is 6.79 Å². The zero-order chi connectivity index (χ0) is 12.5. The first kappa shape index (κ1) is 12.3. The average molecular weight is 345 g/mol. The van der Waals surface area contributed by atoms with E-state index < -0.39 is 0 Å². The molecule has 1 aliphatic heterocycles. The number of halogens is 1. The smallest absolute Gasteiger partial charge is 0.231 e. The van der Waals surface area contributed by atoms with Crippen molar-refractivity contribution in [1.82, 2.24) is 10.2 Å². The van der Waals surface area contributed by atoms with Gasteiger partial charge in [0.25, 0.3) is 0 Å². The quantitative estimate of drug-likeness (QED) is 0.795. The number of fused-ring (bicyclic) bond motifs is 1. The van der Waals surface area contributed by atoms with Gasteiger partial charge in [-0.05, 0) is 24.6 Å². The van der Waals surface area contributed by atoms with Crippen LogP contribution in [0.5, 0.6) is 11.5 Å². The first-order valence-electron chi connectivity index (χ1n) is 5.23. The van der Waals surface area contributed by atoms with E-state index in [9.17, 15) is 0 Å². The van der Waals surface area contributed by atoms with E-state index in [2.05, 4.69) is 26.1 Å². The third-order valence-electron chi connectivity index (χ3n) is 2.40. The fourth-order valence-electron chi connectivity index (χ4n) is 1.55. The molecule has 0 radical (unpaired) electrons. The largest absolute Gasteiger partial charge is 0.454 e. The van der Waals surface area contributed by atoms with E-state index in [1.165, 1.54) is 0 Å². The van der Waals surface area contributed by atoms with Crippen molar-refractivity contribution in [3.63, 3.8) is 0 Å². The van der Waals surface area contributed by atoms with E-state index in [0.717, 1.165) is 36.6 Å². The van der Waals surface area contributed by atoms with Gasteiger partial charge in [0, 0.05) is 10.2 Å². The molecule has 0 unspecified atom stereocenters. The summed E-state index contributed by atoms with van der Waals surface area (Å²) in [5, 5.41) is 9.08. The van der Waals surface area contributed by atoms with Crippen molar-refractivity contribution in [3.05, 3.63) is 27.2 Å². The first-order valence-corrected chi connectivity index (χ1v) is 7.83. The second kappa shape index (κ2) is 5.07. The Bertz CT molecular complexity index is 588. The predicted molar refractivity (Wildman–Crippen MR) is 74.5 cm³/mol. The van der Waals surface area contributed by atoms with Gasteiger partial charge in [-0.2, -0.15) is 0 Å². The van der Waals surface area contributed by atoms with Crippen LogP contribution in [-0.2, 0) is 5.75 Å².